The van der Waals surface area contributed by atoms with E-state index in [1.54, 1.807) is 49.5 Å². The summed E-state index contributed by atoms with van der Waals surface area (Å²) < 4.78 is 6.36. The van der Waals surface area contributed by atoms with Gasteiger partial charge in [-0.05, 0) is 36.4 Å². The number of nitrogens with zero attached hydrogens (tertiary/aromatic N) is 2. The van der Waals surface area contributed by atoms with Crippen molar-refractivity contribution in [2.45, 2.75) is 0 Å². The number of carbonyl (C=O) groups is 1. The van der Waals surface area contributed by atoms with Crippen LogP contribution in [0.2, 0.25) is 0 Å². The van der Waals surface area contributed by atoms with Gasteiger partial charge in [-0.25, -0.2) is 4.79 Å². The summed E-state index contributed by atoms with van der Waals surface area (Å²) in [5.41, 5.74) is 2.36. The van der Waals surface area contributed by atoms with Crippen LogP contribution in [0.4, 0.5) is 5.69 Å². The topological polar surface area (TPSA) is 88.0 Å². The maximum absolute atomic E-state index is 12.3. The van der Waals surface area contributed by atoms with E-state index in [1.165, 1.54) is 4.57 Å². The fourth-order valence-corrected chi connectivity index (χ4v) is 2.14. The second-order valence-corrected chi connectivity index (χ2v) is 4.76. The molecule has 3 aromatic rings. The number of nitrogens with one attached hydrogen (secondary N) is 1. The molecule has 0 aliphatic rings. The lowest BCUT2D eigenvalue weighted by molar-refractivity contribution is 0.102. The molecule has 3 rings (SSSR count). The van der Waals surface area contributed by atoms with E-state index in [0.717, 1.165) is 0 Å². The highest BCUT2D eigenvalue weighted by Gasteiger charge is 2.11. The zero-order chi connectivity index (χ0) is 15.7. The Morgan fingerprint density at radius 2 is 2.09 bits per heavy atom. The third-order valence-electron chi connectivity index (χ3n) is 3.30. The second-order valence-electron chi connectivity index (χ2n) is 4.76. The summed E-state index contributed by atoms with van der Waals surface area (Å²) in [4.78, 5) is 23.7. The summed E-state index contributed by atoms with van der Waals surface area (Å²) in [5.74, 6) is -0.806. The predicted molar refractivity (Wildman–Crippen MR) is 80.6 cm³/mol. The van der Waals surface area contributed by atoms with Crippen LogP contribution in [-0.4, -0.2) is 10.5 Å². The zero-order valence-electron chi connectivity index (χ0n) is 11.7. The van der Waals surface area contributed by atoms with Crippen molar-refractivity contribution in [3.8, 4) is 6.07 Å². The monoisotopic (exact) mass is 293 g/mol. The summed E-state index contributed by atoms with van der Waals surface area (Å²) in [5, 5.41) is 11.6. The minimum absolute atomic E-state index is 0.328. The molecule has 1 N–H and O–H groups in total. The summed E-state index contributed by atoms with van der Waals surface area (Å²) in [7, 11) is 1.58. The van der Waals surface area contributed by atoms with E-state index in [1.807, 2.05) is 6.07 Å². The molecular weight excluding hydrogens is 282 g/mol. The molecule has 0 aliphatic heterocycles. The molecule has 6 nitrogen and oxygen atoms in total. The van der Waals surface area contributed by atoms with Crippen LogP contribution in [0.1, 0.15) is 15.9 Å². The Labute approximate surface area is 125 Å². The number of fused-ring (bicyclic) bond motifs is 1. The number of anilines is 1. The van der Waals surface area contributed by atoms with Crippen LogP contribution in [-0.2, 0) is 7.05 Å². The summed E-state index contributed by atoms with van der Waals surface area (Å²) in [6.07, 6.45) is 0. The van der Waals surface area contributed by atoms with Crippen LogP contribution in [0.5, 0.6) is 0 Å². The fourth-order valence-electron chi connectivity index (χ4n) is 2.14. The number of oxazole rings is 1. The minimum atomic E-state index is -0.478. The van der Waals surface area contributed by atoms with Crippen LogP contribution in [0.25, 0.3) is 11.1 Å². The van der Waals surface area contributed by atoms with E-state index in [0.29, 0.717) is 27.9 Å². The number of nitriles is 1. The molecule has 0 saturated heterocycles. The van der Waals surface area contributed by atoms with E-state index in [4.69, 9.17) is 9.68 Å². The van der Waals surface area contributed by atoms with Crippen molar-refractivity contribution < 1.29 is 9.21 Å². The average molecular weight is 293 g/mol. The van der Waals surface area contributed by atoms with Crippen LogP contribution >= 0.6 is 0 Å². The number of hydrogen-bond donors (Lipinski definition) is 1. The lowest BCUT2D eigenvalue weighted by atomic mass is 10.1. The van der Waals surface area contributed by atoms with Crippen molar-refractivity contribution >= 4 is 22.7 Å². The SMILES string of the molecule is Cn1c(=O)oc2ccc(C(=O)Nc3cccc(C#N)c3)cc21. The number of aryl methyl sites for hydroxylation is 1. The van der Waals surface area contributed by atoms with Gasteiger partial charge in [0.15, 0.2) is 5.58 Å². The van der Waals surface area contributed by atoms with Crippen molar-refractivity contribution in [3.63, 3.8) is 0 Å². The number of benzene rings is 2. The van der Waals surface area contributed by atoms with Gasteiger partial charge in [0.05, 0.1) is 17.1 Å². The maximum atomic E-state index is 12.3. The Hall–Kier alpha value is -3.33. The summed E-state index contributed by atoms with van der Waals surface area (Å²) in [6, 6.07) is 13.4. The van der Waals surface area contributed by atoms with Crippen molar-refractivity contribution in [2.24, 2.45) is 7.05 Å². The normalized spacial score (nSPS) is 10.4. The van der Waals surface area contributed by atoms with Gasteiger partial charge in [-0.3, -0.25) is 9.36 Å². The first kappa shape index (κ1) is 13.6. The summed E-state index contributed by atoms with van der Waals surface area (Å²) >= 11 is 0. The molecule has 0 unspecified atom stereocenters. The first-order chi connectivity index (χ1) is 10.6. The third kappa shape index (κ3) is 2.36. The summed E-state index contributed by atoms with van der Waals surface area (Å²) in [6.45, 7) is 0. The van der Waals surface area contributed by atoms with Gasteiger partial charge in [-0.2, -0.15) is 5.26 Å². The molecule has 1 amide bonds. The van der Waals surface area contributed by atoms with E-state index in [-0.39, 0.29) is 5.91 Å². The number of hydrogen-bond acceptors (Lipinski definition) is 4. The fraction of sp³-hybridized carbons (Fsp3) is 0.0625. The van der Waals surface area contributed by atoms with Crippen molar-refractivity contribution in [1.82, 2.24) is 4.57 Å². The van der Waals surface area contributed by atoms with Gasteiger partial charge in [0.1, 0.15) is 0 Å². The van der Waals surface area contributed by atoms with Crippen LogP contribution in [0.15, 0.2) is 51.7 Å². The molecule has 1 heterocycles. The predicted octanol–water partition coefficient (Wildman–Crippen LogP) is 2.26. The Morgan fingerprint density at radius 3 is 2.86 bits per heavy atom. The first-order valence-electron chi connectivity index (χ1n) is 6.49. The Kier molecular flexibility index (Phi) is 3.24. The molecule has 0 atom stereocenters. The van der Waals surface area contributed by atoms with Crippen LogP contribution in [0.3, 0.4) is 0 Å². The Bertz CT molecular complexity index is 976. The number of amides is 1. The van der Waals surface area contributed by atoms with Crippen molar-refractivity contribution in [1.29, 1.82) is 5.26 Å². The molecule has 2 aromatic carbocycles. The van der Waals surface area contributed by atoms with Gasteiger partial charge in [0.2, 0.25) is 0 Å². The molecular formula is C16H11N3O3. The van der Waals surface area contributed by atoms with Gasteiger partial charge >= 0.3 is 5.76 Å². The molecule has 22 heavy (non-hydrogen) atoms. The number of carbonyl (C=O) groups excluding carboxylic acids is 1. The van der Waals surface area contributed by atoms with Gasteiger partial charge in [-0.1, -0.05) is 6.07 Å². The molecule has 0 aliphatic carbocycles. The maximum Gasteiger partial charge on any atom is 0.419 e. The smallest absolute Gasteiger partial charge is 0.408 e. The van der Waals surface area contributed by atoms with Gasteiger partial charge in [0.25, 0.3) is 5.91 Å². The molecule has 0 spiro atoms. The third-order valence-corrected chi connectivity index (χ3v) is 3.30. The van der Waals surface area contributed by atoms with E-state index >= 15 is 0 Å². The molecule has 0 bridgehead atoms. The highest BCUT2D eigenvalue weighted by atomic mass is 16.4. The second kappa shape index (κ2) is 5.22. The Balaban J connectivity index is 1.93. The first-order valence-corrected chi connectivity index (χ1v) is 6.49. The van der Waals surface area contributed by atoms with Crippen LogP contribution in [0, 0.1) is 11.3 Å². The molecule has 0 radical (unpaired) electrons. The Morgan fingerprint density at radius 1 is 1.27 bits per heavy atom. The van der Waals surface area contributed by atoms with E-state index < -0.39 is 5.76 Å². The highest BCUT2D eigenvalue weighted by Crippen LogP contribution is 2.16. The van der Waals surface area contributed by atoms with Crippen molar-refractivity contribution in [2.75, 3.05) is 5.32 Å². The van der Waals surface area contributed by atoms with Gasteiger partial charge in [-0.15, -0.1) is 0 Å². The lowest BCUT2D eigenvalue weighted by Gasteiger charge is -2.05. The standard InChI is InChI=1S/C16H11N3O3/c1-19-13-8-11(5-6-14(13)22-16(19)21)15(20)18-12-4-2-3-10(7-12)9-17/h2-8H,1H3,(H,18,20). The molecule has 0 saturated carbocycles. The molecule has 6 heteroatoms. The average Bonchev–Trinajstić information content (AvgIpc) is 2.82. The largest absolute Gasteiger partial charge is 0.419 e. The quantitative estimate of drug-likeness (QED) is 0.785. The highest BCUT2D eigenvalue weighted by molar-refractivity contribution is 6.05. The molecule has 0 fully saturated rings. The van der Waals surface area contributed by atoms with E-state index in [2.05, 4.69) is 5.32 Å². The molecule has 1 aromatic heterocycles. The molecule has 108 valence electrons. The number of aromatic nitrogens is 1. The van der Waals surface area contributed by atoms with Gasteiger partial charge in [0, 0.05) is 18.3 Å². The lowest BCUT2D eigenvalue weighted by Crippen LogP contribution is -2.12. The van der Waals surface area contributed by atoms with E-state index in [9.17, 15) is 9.59 Å². The number of rotatable bonds is 2. The zero-order valence-corrected chi connectivity index (χ0v) is 11.7. The van der Waals surface area contributed by atoms with Gasteiger partial charge < -0.3 is 9.73 Å². The van der Waals surface area contributed by atoms with Crippen molar-refractivity contribution in [3.05, 3.63) is 64.1 Å². The minimum Gasteiger partial charge on any atom is -0.408 e. The van der Waals surface area contributed by atoms with Crippen LogP contribution < -0.4 is 11.1 Å².